The molecule has 2 aromatic carbocycles. The van der Waals surface area contributed by atoms with Crippen LogP contribution in [-0.2, 0) is 6.54 Å². The fourth-order valence-corrected chi connectivity index (χ4v) is 5.23. The van der Waals surface area contributed by atoms with Crippen molar-refractivity contribution < 1.29 is 0 Å². The van der Waals surface area contributed by atoms with E-state index in [0.717, 1.165) is 40.6 Å². The summed E-state index contributed by atoms with van der Waals surface area (Å²) in [6.07, 6.45) is 1.06. The highest BCUT2D eigenvalue weighted by molar-refractivity contribution is 7.19. The Bertz CT molecular complexity index is 1480. The molecule has 0 saturated heterocycles. The minimum Gasteiger partial charge on any atom is -0.349 e. The summed E-state index contributed by atoms with van der Waals surface area (Å²) >= 11 is 1.56. The Labute approximate surface area is 227 Å². The van der Waals surface area contributed by atoms with Gasteiger partial charge in [0.25, 0.3) is 5.95 Å². The van der Waals surface area contributed by atoms with Gasteiger partial charge in [-0.1, -0.05) is 79.8 Å². The Balaban J connectivity index is 1.74. The molecule has 0 amide bonds. The molecule has 0 aliphatic heterocycles. The Kier molecular flexibility index (Phi) is 8.62. The number of rotatable bonds is 10. The summed E-state index contributed by atoms with van der Waals surface area (Å²) in [6.45, 7) is 10.5. The second-order valence-electron chi connectivity index (χ2n) is 8.86. The van der Waals surface area contributed by atoms with Crippen molar-refractivity contribution in [1.29, 1.82) is 10.5 Å². The summed E-state index contributed by atoms with van der Waals surface area (Å²) in [7, 11) is 0. The zero-order valence-electron chi connectivity index (χ0n) is 22.1. The van der Waals surface area contributed by atoms with Crippen LogP contribution < -0.4 is 4.90 Å². The molecule has 0 N–H and O–H groups in total. The van der Waals surface area contributed by atoms with Crippen LogP contribution in [0.2, 0.25) is 0 Å². The second-order valence-corrected chi connectivity index (χ2v) is 9.83. The summed E-state index contributed by atoms with van der Waals surface area (Å²) in [5.74, 6) is 1.15. The first-order valence-corrected chi connectivity index (χ1v) is 13.6. The van der Waals surface area contributed by atoms with Crippen LogP contribution >= 0.6 is 11.3 Å². The third kappa shape index (κ3) is 5.64. The standard InChI is InChI=1S/C29H30N8S/c1-5-20(4)22-15-13-21(14-16-22)19-37-25(18-31)24(17-30)32-28(37)35-34-27-26(23-11-9-8-10-12-23)38-29(33-27)36(6-2)7-3/h8-16,20H,5-7,19H2,1-4H3. The lowest BCUT2D eigenvalue weighted by Crippen LogP contribution is -2.21. The highest BCUT2D eigenvalue weighted by Crippen LogP contribution is 2.40. The lowest BCUT2D eigenvalue weighted by atomic mass is 9.98. The van der Waals surface area contributed by atoms with Gasteiger partial charge in [0.2, 0.25) is 0 Å². The van der Waals surface area contributed by atoms with Crippen molar-refractivity contribution in [3.8, 4) is 22.6 Å². The van der Waals surface area contributed by atoms with Crippen molar-refractivity contribution in [1.82, 2.24) is 14.5 Å². The van der Waals surface area contributed by atoms with Gasteiger partial charge in [-0.2, -0.15) is 20.5 Å². The molecule has 0 aliphatic carbocycles. The predicted molar refractivity (Wildman–Crippen MR) is 151 cm³/mol. The molecule has 0 aliphatic rings. The zero-order valence-corrected chi connectivity index (χ0v) is 22.9. The van der Waals surface area contributed by atoms with E-state index >= 15 is 0 Å². The van der Waals surface area contributed by atoms with E-state index in [9.17, 15) is 10.5 Å². The molecule has 8 nitrogen and oxygen atoms in total. The van der Waals surface area contributed by atoms with Crippen LogP contribution in [0, 0.1) is 22.7 Å². The number of benzene rings is 2. The van der Waals surface area contributed by atoms with E-state index in [0.29, 0.717) is 18.3 Å². The topological polar surface area (TPSA) is 106 Å². The molecule has 9 heteroatoms. The first-order chi connectivity index (χ1) is 18.5. The van der Waals surface area contributed by atoms with Crippen LogP contribution in [0.15, 0.2) is 64.8 Å². The molecule has 38 heavy (non-hydrogen) atoms. The summed E-state index contributed by atoms with van der Waals surface area (Å²) in [5, 5.41) is 29.2. The molecule has 0 radical (unpaired) electrons. The van der Waals surface area contributed by atoms with Gasteiger partial charge in [0.05, 0.1) is 11.4 Å². The van der Waals surface area contributed by atoms with Gasteiger partial charge in [-0.25, -0.2) is 0 Å². The van der Waals surface area contributed by atoms with Gasteiger partial charge in [0, 0.05) is 13.1 Å². The molecule has 0 spiro atoms. The predicted octanol–water partition coefficient (Wildman–Crippen LogP) is 7.57. The van der Waals surface area contributed by atoms with Crippen LogP contribution in [0.3, 0.4) is 0 Å². The van der Waals surface area contributed by atoms with Crippen molar-refractivity contribution in [2.75, 3.05) is 18.0 Å². The molecule has 4 aromatic rings. The summed E-state index contributed by atoms with van der Waals surface area (Å²) in [5.41, 5.74) is 3.44. The molecular formula is C29H30N8S. The number of nitriles is 2. The molecule has 4 rings (SSSR count). The summed E-state index contributed by atoms with van der Waals surface area (Å²) < 4.78 is 1.64. The average Bonchev–Trinajstić information content (AvgIpc) is 3.53. The first-order valence-electron chi connectivity index (χ1n) is 12.7. The van der Waals surface area contributed by atoms with Crippen molar-refractivity contribution in [3.63, 3.8) is 0 Å². The minimum absolute atomic E-state index is 0.0306. The van der Waals surface area contributed by atoms with E-state index in [1.54, 1.807) is 15.9 Å². The highest BCUT2D eigenvalue weighted by Gasteiger charge is 2.20. The molecule has 0 saturated carbocycles. The number of hydrogen-bond donors (Lipinski definition) is 0. The van der Waals surface area contributed by atoms with Crippen molar-refractivity contribution in [3.05, 3.63) is 77.1 Å². The van der Waals surface area contributed by atoms with Crippen LogP contribution in [0.25, 0.3) is 10.4 Å². The van der Waals surface area contributed by atoms with Crippen LogP contribution in [0.5, 0.6) is 0 Å². The number of nitrogens with zero attached hydrogens (tertiary/aromatic N) is 8. The average molecular weight is 523 g/mol. The van der Waals surface area contributed by atoms with Gasteiger partial charge in [-0.15, -0.1) is 10.2 Å². The minimum atomic E-state index is 0.0306. The van der Waals surface area contributed by atoms with Crippen molar-refractivity contribution in [2.24, 2.45) is 10.2 Å². The molecular weight excluding hydrogens is 492 g/mol. The Hall–Kier alpha value is -4.34. The number of hydrogen-bond acceptors (Lipinski definition) is 8. The van der Waals surface area contributed by atoms with E-state index in [2.05, 4.69) is 66.0 Å². The normalized spacial score (nSPS) is 11.8. The Morgan fingerprint density at radius 3 is 2.26 bits per heavy atom. The number of imidazole rings is 1. The van der Waals surface area contributed by atoms with Gasteiger partial charge in [-0.3, -0.25) is 4.57 Å². The molecule has 192 valence electrons. The van der Waals surface area contributed by atoms with E-state index in [1.807, 2.05) is 48.5 Å². The third-order valence-electron chi connectivity index (χ3n) is 6.56. The maximum absolute atomic E-state index is 9.82. The SMILES string of the molecule is CCC(C)c1ccc(Cn2c(N=Nc3nc(N(CC)CC)sc3-c3ccccc3)nc(C#N)c2C#N)cc1. The van der Waals surface area contributed by atoms with Gasteiger partial charge < -0.3 is 4.90 Å². The number of aromatic nitrogens is 3. The maximum atomic E-state index is 9.82. The molecule has 1 atom stereocenters. The Morgan fingerprint density at radius 1 is 0.947 bits per heavy atom. The molecule has 0 fully saturated rings. The quantitative estimate of drug-likeness (QED) is 0.200. The van der Waals surface area contributed by atoms with Gasteiger partial charge >= 0.3 is 0 Å². The summed E-state index contributed by atoms with van der Waals surface area (Å²) in [6, 6.07) is 22.4. The van der Waals surface area contributed by atoms with E-state index in [1.165, 1.54) is 5.56 Å². The van der Waals surface area contributed by atoms with E-state index in [4.69, 9.17) is 4.98 Å². The van der Waals surface area contributed by atoms with Gasteiger partial charge in [-0.05, 0) is 42.9 Å². The van der Waals surface area contributed by atoms with E-state index in [-0.39, 0.29) is 17.3 Å². The van der Waals surface area contributed by atoms with E-state index < -0.39 is 0 Å². The summed E-state index contributed by atoms with van der Waals surface area (Å²) in [4.78, 5) is 12.2. The number of anilines is 1. The van der Waals surface area contributed by atoms with Crippen LogP contribution in [0.1, 0.15) is 62.5 Å². The molecule has 1 unspecified atom stereocenters. The monoisotopic (exact) mass is 522 g/mol. The van der Waals surface area contributed by atoms with Crippen LogP contribution in [-0.4, -0.2) is 27.6 Å². The smallest absolute Gasteiger partial charge is 0.252 e. The Morgan fingerprint density at radius 2 is 1.66 bits per heavy atom. The lowest BCUT2D eigenvalue weighted by molar-refractivity contribution is 0.730. The number of azo groups is 1. The lowest BCUT2D eigenvalue weighted by Gasteiger charge is -2.16. The molecule has 2 aromatic heterocycles. The van der Waals surface area contributed by atoms with Gasteiger partial charge in [0.1, 0.15) is 12.1 Å². The van der Waals surface area contributed by atoms with Gasteiger partial charge in [0.15, 0.2) is 22.3 Å². The third-order valence-corrected chi connectivity index (χ3v) is 7.72. The van der Waals surface area contributed by atoms with Crippen molar-refractivity contribution >= 4 is 28.2 Å². The maximum Gasteiger partial charge on any atom is 0.252 e. The first kappa shape index (κ1) is 26.7. The number of thiazole rings is 1. The fourth-order valence-electron chi connectivity index (χ4n) is 4.10. The molecule has 2 heterocycles. The van der Waals surface area contributed by atoms with Crippen molar-refractivity contribution in [2.45, 2.75) is 46.6 Å². The zero-order chi connectivity index (χ0) is 27.1. The fraction of sp³-hybridized carbons (Fsp3) is 0.310. The highest BCUT2D eigenvalue weighted by atomic mass is 32.1. The largest absolute Gasteiger partial charge is 0.349 e. The second kappa shape index (κ2) is 12.3. The van der Waals surface area contributed by atoms with Crippen LogP contribution in [0.4, 0.5) is 16.9 Å². The molecule has 0 bridgehead atoms.